The molecular formula is C13H13F2NO4S. The first kappa shape index (κ1) is 15.7. The maximum Gasteiger partial charge on any atom is 0.331 e. The van der Waals surface area contributed by atoms with E-state index in [1.54, 1.807) is 0 Å². The first-order valence-corrected chi connectivity index (χ1v) is 6.99. The maximum atomic E-state index is 12.2. The normalized spacial score (nSPS) is 21.5. The molecule has 114 valence electrons. The number of ether oxygens (including phenoxy) is 1. The quantitative estimate of drug-likeness (QED) is 0.812. The van der Waals surface area contributed by atoms with Crippen LogP contribution in [0.1, 0.15) is 16.8 Å². The zero-order valence-electron chi connectivity index (χ0n) is 10.8. The molecule has 8 heteroatoms. The molecule has 0 spiro atoms. The number of carbonyl (C=O) groups excluding carboxylic acids is 1. The molecule has 1 fully saturated rings. The van der Waals surface area contributed by atoms with Crippen LogP contribution >= 0.6 is 11.8 Å². The Hall–Kier alpha value is -1.67. The van der Waals surface area contributed by atoms with Crippen LogP contribution in [0.25, 0.3) is 0 Å². The molecule has 5 nitrogen and oxygen atoms in total. The van der Waals surface area contributed by atoms with Gasteiger partial charge in [-0.2, -0.15) is 8.78 Å². The number of aliphatic carboxylic acids is 1. The smallest absolute Gasteiger partial charge is 0.331 e. The second-order valence-corrected chi connectivity index (χ2v) is 5.61. The summed E-state index contributed by atoms with van der Waals surface area (Å²) in [6.07, 6.45) is 0.188. The van der Waals surface area contributed by atoms with Crippen LogP contribution in [0.15, 0.2) is 29.2 Å². The van der Waals surface area contributed by atoms with Crippen molar-refractivity contribution in [3.8, 4) is 0 Å². The highest BCUT2D eigenvalue weighted by atomic mass is 32.2. The van der Waals surface area contributed by atoms with Gasteiger partial charge in [-0.1, -0.05) is 11.8 Å². The van der Waals surface area contributed by atoms with Crippen LogP contribution in [-0.2, 0) is 9.53 Å². The molecule has 2 N–H and O–H groups in total. The number of thioether (sulfide) groups is 1. The molecular weight excluding hydrogens is 304 g/mol. The molecule has 0 bridgehead atoms. The molecule has 0 aromatic heterocycles. The molecule has 0 saturated carbocycles. The molecule has 1 aromatic carbocycles. The van der Waals surface area contributed by atoms with Crippen molar-refractivity contribution < 1.29 is 28.2 Å². The van der Waals surface area contributed by atoms with Crippen molar-refractivity contribution in [1.29, 1.82) is 0 Å². The summed E-state index contributed by atoms with van der Waals surface area (Å²) < 4.78 is 29.4. The lowest BCUT2D eigenvalue weighted by Crippen LogP contribution is -2.55. The minimum absolute atomic E-state index is 0.0899. The zero-order valence-corrected chi connectivity index (χ0v) is 11.7. The standard InChI is InChI=1S/C13H13F2NO4S/c14-12(15)21-9-3-1-8(2-4-9)10(17)16-13(11(18)19)5-6-20-7-13/h1-4,12H,5-7H2,(H,16,17)(H,18,19). The van der Waals surface area contributed by atoms with E-state index in [1.165, 1.54) is 24.3 Å². The van der Waals surface area contributed by atoms with Gasteiger partial charge in [0.2, 0.25) is 0 Å². The summed E-state index contributed by atoms with van der Waals surface area (Å²) in [7, 11) is 0. The average molecular weight is 317 g/mol. The van der Waals surface area contributed by atoms with Crippen molar-refractivity contribution in [2.75, 3.05) is 13.2 Å². The Labute approximate surface area is 123 Å². The van der Waals surface area contributed by atoms with Crippen molar-refractivity contribution >= 4 is 23.6 Å². The van der Waals surface area contributed by atoms with Gasteiger partial charge in [-0.25, -0.2) is 4.79 Å². The van der Waals surface area contributed by atoms with E-state index >= 15 is 0 Å². The SMILES string of the molecule is O=C(NC1(C(=O)O)CCOC1)c1ccc(SC(F)F)cc1. The zero-order chi connectivity index (χ0) is 15.5. The van der Waals surface area contributed by atoms with Crippen LogP contribution in [0.3, 0.4) is 0 Å². The molecule has 0 aliphatic carbocycles. The fourth-order valence-electron chi connectivity index (χ4n) is 1.96. The molecule has 1 atom stereocenters. The van der Waals surface area contributed by atoms with Crippen molar-refractivity contribution in [1.82, 2.24) is 5.32 Å². The summed E-state index contributed by atoms with van der Waals surface area (Å²) in [5.74, 6) is -4.26. The highest BCUT2D eigenvalue weighted by Crippen LogP contribution is 2.25. The summed E-state index contributed by atoms with van der Waals surface area (Å²) in [4.78, 5) is 23.7. The van der Waals surface area contributed by atoms with E-state index in [0.717, 1.165) is 0 Å². The molecule has 1 amide bonds. The van der Waals surface area contributed by atoms with Gasteiger partial charge < -0.3 is 15.2 Å². The van der Waals surface area contributed by atoms with Crippen LogP contribution in [0.5, 0.6) is 0 Å². The second kappa shape index (κ2) is 6.40. The first-order chi connectivity index (χ1) is 9.93. The largest absolute Gasteiger partial charge is 0.479 e. The Balaban J connectivity index is 2.07. The number of hydrogen-bond donors (Lipinski definition) is 2. The van der Waals surface area contributed by atoms with Crippen LogP contribution in [0.2, 0.25) is 0 Å². The molecule has 21 heavy (non-hydrogen) atoms. The Kier molecular flexibility index (Phi) is 4.79. The maximum absolute atomic E-state index is 12.2. The van der Waals surface area contributed by atoms with E-state index in [-0.39, 0.29) is 25.2 Å². The Morgan fingerprint density at radius 3 is 2.48 bits per heavy atom. The number of carboxylic acid groups (broad SMARTS) is 1. The number of nitrogens with one attached hydrogen (secondary N) is 1. The number of benzene rings is 1. The lowest BCUT2D eigenvalue weighted by Gasteiger charge is -2.23. The first-order valence-electron chi connectivity index (χ1n) is 6.11. The highest BCUT2D eigenvalue weighted by Gasteiger charge is 2.44. The van der Waals surface area contributed by atoms with E-state index in [0.29, 0.717) is 16.7 Å². The lowest BCUT2D eigenvalue weighted by atomic mass is 9.98. The van der Waals surface area contributed by atoms with Crippen molar-refractivity contribution in [3.63, 3.8) is 0 Å². The summed E-state index contributed by atoms with van der Waals surface area (Å²) in [6.45, 7) is 0.171. The van der Waals surface area contributed by atoms with Crippen molar-refractivity contribution in [3.05, 3.63) is 29.8 Å². The number of alkyl halides is 2. The van der Waals surface area contributed by atoms with Crippen LogP contribution in [0, 0.1) is 0 Å². The molecule has 1 saturated heterocycles. The third kappa shape index (κ3) is 3.70. The van der Waals surface area contributed by atoms with Gasteiger partial charge in [-0.3, -0.25) is 4.79 Å². The van der Waals surface area contributed by atoms with Gasteiger partial charge >= 0.3 is 5.97 Å². The van der Waals surface area contributed by atoms with Crippen molar-refractivity contribution in [2.45, 2.75) is 22.6 Å². The fourth-order valence-corrected chi connectivity index (χ4v) is 2.46. The molecule has 1 aliphatic rings. The van der Waals surface area contributed by atoms with Gasteiger partial charge in [0, 0.05) is 23.5 Å². The topological polar surface area (TPSA) is 75.6 Å². The van der Waals surface area contributed by atoms with Gasteiger partial charge in [0.15, 0.2) is 5.54 Å². The predicted octanol–water partition coefficient (Wildman–Crippen LogP) is 1.97. The summed E-state index contributed by atoms with van der Waals surface area (Å²) in [5.41, 5.74) is -1.21. The van der Waals surface area contributed by atoms with Gasteiger partial charge in [-0.05, 0) is 24.3 Å². The molecule has 1 aromatic rings. The van der Waals surface area contributed by atoms with Crippen molar-refractivity contribution in [2.24, 2.45) is 0 Å². The molecule has 1 heterocycles. The fraction of sp³-hybridized carbons (Fsp3) is 0.385. The molecule has 1 aliphatic heterocycles. The summed E-state index contributed by atoms with van der Waals surface area (Å²) >= 11 is 0.377. The number of hydrogen-bond acceptors (Lipinski definition) is 4. The van der Waals surface area contributed by atoms with Gasteiger partial charge in [0.1, 0.15) is 0 Å². The van der Waals surface area contributed by atoms with Crippen LogP contribution in [-0.4, -0.2) is 41.5 Å². The minimum atomic E-state index is -2.53. The number of amides is 1. The van der Waals surface area contributed by atoms with Crippen LogP contribution in [0.4, 0.5) is 8.78 Å². The van der Waals surface area contributed by atoms with E-state index in [1.807, 2.05) is 0 Å². The van der Waals surface area contributed by atoms with E-state index in [2.05, 4.69) is 5.32 Å². The Morgan fingerprint density at radius 2 is 2.00 bits per heavy atom. The number of halogens is 2. The van der Waals surface area contributed by atoms with Gasteiger partial charge in [-0.15, -0.1) is 0 Å². The Bertz CT molecular complexity index is 529. The number of carbonyl (C=O) groups is 2. The molecule has 1 unspecified atom stereocenters. The monoisotopic (exact) mass is 317 g/mol. The molecule has 2 rings (SSSR count). The third-order valence-electron chi connectivity index (χ3n) is 3.13. The van der Waals surface area contributed by atoms with E-state index in [9.17, 15) is 23.5 Å². The summed E-state index contributed by atoms with van der Waals surface area (Å²) in [5, 5.41) is 11.7. The average Bonchev–Trinajstić information content (AvgIpc) is 2.88. The number of rotatable bonds is 5. The third-order valence-corrected chi connectivity index (χ3v) is 3.85. The lowest BCUT2D eigenvalue weighted by molar-refractivity contribution is -0.144. The van der Waals surface area contributed by atoms with E-state index in [4.69, 9.17) is 4.74 Å². The van der Waals surface area contributed by atoms with Crippen LogP contribution < -0.4 is 5.32 Å². The van der Waals surface area contributed by atoms with Gasteiger partial charge in [0.25, 0.3) is 11.7 Å². The molecule has 0 radical (unpaired) electrons. The second-order valence-electron chi connectivity index (χ2n) is 4.55. The minimum Gasteiger partial charge on any atom is -0.479 e. The Morgan fingerprint density at radius 1 is 1.33 bits per heavy atom. The highest BCUT2D eigenvalue weighted by molar-refractivity contribution is 7.99. The summed E-state index contributed by atoms with van der Waals surface area (Å²) in [6, 6.07) is 5.55. The predicted molar refractivity (Wildman–Crippen MR) is 71.6 cm³/mol. The number of carboxylic acids is 1. The van der Waals surface area contributed by atoms with E-state index < -0.39 is 23.2 Å². The van der Waals surface area contributed by atoms with Gasteiger partial charge in [0.05, 0.1) is 6.61 Å².